The van der Waals surface area contributed by atoms with Crippen LogP contribution in [-0.4, -0.2) is 81.6 Å². The van der Waals surface area contributed by atoms with Crippen molar-refractivity contribution in [2.75, 3.05) is 49.7 Å². The number of alkyl halides is 6. The Morgan fingerprint density at radius 2 is 1.72 bits per heavy atom. The highest BCUT2D eigenvalue weighted by atomic mass is 32.2. The van der Waals surface area contributed by atoms with Crippen molar-refractivity contribution in [2.45, 2.75) is 61.7 Å². The lowest BCUT2D eigenvalue weighted by Crippen LogP contribution is -2.68. The number of anilines is 2. The third kappa shape index (κ3) is 7.76. The van der Waals surface area contributed by atoms with Gasteiger partial charge < -0.3 is 24.7 Å². The summed E-state index contributed by atoms with van der Waals surface area (Å²) in [6, 6.07) is 10.4. The molecule has 8 nitrogen and oxygen atoms in total. The first-order valence-electron chi connectivity index (χ1n) is 15.2. The number of halogens is 6. The number of fused-ring (bicyclic) bond motifs is 1. The number of hydrogen-bond acceptors (Lipinski definition) is 7. The fourth-order valence-electron chi connectivity index (χ4n) is 6.68. The number of hydrogen-bond donors (Lipinski definition) is 2. The highest BCUT2D eigenvalue weighted by Gasteiger charge is 2.50. The molecular formula is C32H34F6N4O4S. The van der Waals surface area contributed by atoms with Crippen molar-refractivity contribution in [1.82, 2.24) is 9.47 Å². The van der Waals surface area contributed by atoms with Crippen molar-refractivity contribution in [3.05, 3.63) is 48.2 Å². The Morgan fingerprint density at radius 1 is 1.00 bits per heavy atom. The van der Waals surface area contributed by atoms with E-state index in [-0.39, 0.29) is 28.9 Å². The number of nitrogens with one attached hydrogen (secondary N) is 2. The molecule has 0 radical (unpaired) electrons. The van der Waals surface area contributed by atoms with Crippen molar-refractivity contribution in [1.29, 1.82) is 0 Å². The summed E-state index contributed by atoms with van der Waals surface area (Å²) in [5.74, 6) is 4.62. The molecule has 1 aromatic heterocycles. The fraction of sp³-hybridized carbons (Fsp3) is 0.500. The van der Waals surface area contributed by atoms with Gasteiger partial charge in [-0.2, -0.15) is 13.2 Å². The Hall–Kier alpha value is -3.61. The van der Waals surface area contributed by atoms with Gasteiger partial charge >= 0.3 is 12.5 Å². The average molecular weight is 685 g/mol. The van der Waals surface area contributed by atoms with Crippen LogP contribution in [-0.2, 0) is 21.1 Å². The first-order valence-corrected chi connectivity index (χ1v) is 17.1. The smallest absolute Gasteiger partial charge is 0.404 e. The molecule has 3 aromatic rings. The first kappa shape index (κ1) is 33.3. The number of ether oxygens (including phenoxy) is 2. The van der Waals surface area contributed by atoms with E-state index in [0.717, 1.165) is 81.0 Å². The quantitative estimate of drug-likeness (QED) is 0.222. The number of nitrogens with zero attached hydrogens (tertiary/aromatic N) is 2. The highest BCUT2D eigenvalue weighted by Crippen LogP contribution is 2.41. The van der Waals surface area contributed by atoms with E-state index >= 15 is 0 Å². The number of likely N-dealkylation sites (tertiary alicyclic amines) is 1. The van der Waals surface area contributed by atoms with E-state index in [2.05, 4.69) is 32.1 Å². The highest BCUT2D eigenvalue weighted by molar-refractivity contribution is 7.90. The third-order valence-corrected chi connectivity index (χ3v) is 10.1. The number of benzene rings is 2. The normalized spacial score (nSPS) is 21.4. The third-order valence-electron chi connectivity index (χ3n) is 8.94. The van der Waals surface area contributed by atoms with Gasteiger partial charge in [0.05, 0.1) is 41.6 Å². The van der Waals surface area contributed by atoms with Gasteiger partial charge in [-0.3, -0.25) is 4.90 Å². The van der Waals surface area contributed by atoms with Crippen LogP contribution in [0.1, 0.15) is 31.4 Å². The van der Waals surface area contributed by atoms with Gasteiger partial charge in [0, 0.05) is 54.0 Å². The van der Waals surface area contributed by atoms with Crippen LogP contribution in [0.3, 0.4) is 0 Å². The van der Waals surface area contributed by atoms with Gasteiger partial charge in [0.15, 0.2) is 15.6 Å². The maximum Gasteiger partial charge on any atom is 0.573 e. The van der Waals surface area contributed by atoms with Crippen molar-refractivity contribution < 1.29 is 44.2 Å². The molecule has 2 N–H and O–H groups in total. The van der Waals surface area contributed by atoms with E-state index in [9.17, 15) is 34.8 Å². The van der Waals surface area contributed by atoms with Gasteiger partial charge in [0.25, 0.3) is 0 Å². The summed E-state index contributed by atoms with van der Waals surface area (Å²) >= 11 is 0. The van der Waals surface area contributed by atoms with E-state index < -0.39 is 34.7 Å². The summed E-state index contributed by atoms with van der Waals surface area (Å²) in [5.41, 5.74) is 1.32. The summed E-state index contributed by atoms with van der Waals surface area (Å²) in [6.45, 7) is 2.32. The van der Waals surface area contributed by atoms with Crippen LogP contribution in [0.15, 0.2) is 47.4 Å². The predicted molar refractivity (Wildman–Crippen MR) is 164 cm³/mol. The molecule has 1 aliphatic carbocycles. The monoisotopic (exact) mass is 684 g/mol. The number of sulfone groups is 1. The minimum absolute atomic E-state index is 0.0861. The summed E-state index contributed by atoms with van der Waals surface area (Å²) in [7, 11) is -3.82. The minimum Gasteiger partial charge on any atom is -0.404 e. The van der Waals surface area contributed by atoms with Crippen LogP contribution in [0.25, 0.3) is 10.9 Å². The lowest BCUT2D eigenvalue weighted by molar-refractivity contribution is -0.274. The molecule has 47 heavy (non-hydrogen) atoms. The maximum atomic E-state index is 13.7. The van der Waals surface area contributed by atoms with E-state index in [0.29, 0.717) is 28.0 Å². The molecule has 3 heterocycles. The molecule has 3 fully saturated rings. The molecule has 0 atom stereocenters. The van der Waals surface area contributed by atoms with Gasteiger partial charge in [-0.25, -0.2) is 8.42 Å². The lowest BCUT2D eigenvalue weighted by atomic mass is 9.75. The molecule has 254 valence electrons. The second-order valence-electron chi connectivity index (χ2n) is 12.7. The SMILES string of the molecule is CS(=O)(=O)c1ccc(NCC#Cc2cc3c(NC4CCC(N5CC6(COC6)C5)CC4)cccc3n2CC(F)(F)F)c(OC(F)(F)F)c1. The van der Waals surface area contributed by atoms with E-state index in [4.69, 9.17) is 4.74 Å². The van der Waals surface area contributed by atoms with Crippen LogP contribution in [0.5, 0.6) is 5.75 Å². The molecule has 3 aliphatic rings. The number of aromatic nitrogens is 1. The van der Waals surface area contributed by atoms with Crippen LogP contribution in [0, 0.1) is 17.3 Å². The van der Waals surface area contributed by atoms with E-state index in [1.807, 2.05) is 6.07 Å². The Bertz CT molecular complexity index is 1790. The van der Waals surface area contributed by atoms with Gasteiger partial charge in [0.2, 0.25) is 0 Å². The van der Waals surface area contributed by atoms with Crippen molar-refractivity contribution in [3.63, 3.8) is 0 Å². The van der Waals surface area contributed by atoms with Crippen LogP contribution >= 0.6 is 0 Å². The molecule has 0 unspecified atom stereocenters. The van der Waals surface area contributed by atoms with Crippen LogP contribution < -0.4 is 15.4 Å². The Kier molecular flexibility index (Phi) is 8.82. The molecule has 2 aromatic carbocycles. The van der Waals surface area contributed by atoms with Crippen LogP contribution in [0.4, 0.5) is 37.7 Å². The van der Waals surface area contributed by atoms with Crippen molar-refractivity contribution >= 4 is 32.1 Å². The number of rotatable bonds is 8. The Morgan fingerprint density at radius 3 is 2.34 bits per heavy atom. The van der Waals surface area contributed by atoms with Gasteiger partial charge in [-0.15, -0.1) is 13.2 Å². The molecule has 6 rings (SSSR count). The van der Waals surface area contributed by atoms with Crippen molar-refractivity contribution in [2.24, 2.45) is 5.41 Å². The zero-order valence-corrected chi connectivity index (χ0v) is 26.3. The largest absolute Gasteiger partial charge is 0.573 e. The van der Waals surface area contributed by atoms with Crippen molar-refractivity contribution in [3.8, 4) is 17.6 Å². The first-order chi connectivity index (χ1) is 22.1. The van der Waals surface area contributed by atoms with Gasteiger partial charge in [0.1, 0.15) is 6.54 Å². The zero-order chi connectivity index (χ0) is 33.6. The summed E-state index contributed by atoms with van der Waals surface area (Å²) < 4.78 is 114. The Labute approximate surface area is 268 Å². The molecule has 1 saturated carbocycles. The standard InChI is InChI=1S/C32H34F6N4O4S/c1-47(43,44)24-11-12-27(29(15-24)46-32(36,37)38)39-13-3-4-23-14-25-26(5-2-6-28(25)42(23)18-31(33,34)35)40-21-7-9-22(10-8-21)41-16-30(17-41)19-45-20-30/h2,5-6,11-12,14-15,21-22,39-40H,7-10,13,16-20H2,1H3. The summed E-state index contributed by atoms with van der Waals surface area (Å²) in [5, 5.41) is 6.77. The van der Waals surface area contributed by atoms with Gasteiger partial charge in [-0.05, 0) is 61.9 Å². The Balaban J connectivity index is 1.17. The van der Waals surface area contributed by atoms with E-state index in [1.165, 1.54) is 0 Å². The average Bonchev–Trinajstić information content (AvgIpc) is 3.26. The minimum atomic E-state index is -5.09. The molecule has 0 amide bonds. The van der Waals surface area contributed by atoms with Gasteiger partial charge in [-0.1, -0.05) is 12.0 Å². The van der Waals surface area contributed by atoms with Crippen LogP contribution in [0.2, 0.25) is 0 Å². The second-order valence-corrected chi connectivity index (χ2v) is 14.7. The zero-order valence-electron chi connectivity index (χ0n) is 25.5. The summed E-state index contributed by atoms with van der Waals surface area (Å²) in [4.78, 5) is 2.15. The topological polar surface area (TPSA) is 84.8 Å². The summed E-state index contributed by atoms with van der Waals surface area (Å²) in [6.07, 6.45) is -4.83. The maximum absolute atomic E-state index is 13.7. The molecule has 1 spiro atoms. The molecule has 0 bridgehead atoms. The molecule has 2 saturated heterocycles. The second kappa shape index (κ2) is 12.4. The van der Waals surface area contributed by atoms with E-state index in [1.54, 1.807) is 18.2 Å². The predicted octanol–water partition coefficient (Wildman–Crippen LogP) is 6.02. The fourth-order valence-corrected chi connectivity index (χ4v) is 7.31. The molecular weight excluding hydrogens is 650 g/mol. The lowest BCUT2D eigenvalue weighted by Gasteiger charge is -2.58. The molecule has 2 aliphatic heterocycles. The molecule has 15 heteroatoms.